The zero-order chi connectivity index (χ0) is 29.6. The summed E-state index contributed by atoms with van der Waals surface area (Å²) < 4.78 is 29.8. The highest BCUT2D eigenvalue weighted by Gasteiger charge is 2.33. The van der Waals surface area contributed by atoms with Crippen molar-refractivity contribution in [2.24, 2.45) is 0 Å². The highest BCUT2D eigenvalue weighted by atomic mass is 79.9. The van der Waals surface area contributed by atoms with Crippen LogP contribution in [0.4, 0.5) is 5.69 Å². The molecule has 3 aromatic carbocycles. The van der Waals surface area contributed by atoms with Gasteiger partial charge in [-0.15, -0.1) is 0 Å². The molecule has 0 saturated heterocycles. The summed E-state index contributed by atoms with van der Waals surface area (Å²) in [5, 5.41) is 3.52. The molecule has 2 amide bonds. The highest BCUT2D eigenvalue weighted by Crippen LogP contribution is 2.26. The SMILES string of the molecule is Cc1cccc(N(CC(=O)N(Cc2ccc(Br)cc2)C(C)C(=O)NC2CCCCC2)S(=O)(=O)c2ccc(Cl)cc2)c1. The maximum absolute atomic E-state index is 14.1. The Morgan fingerprint density at radius 2 is 1.66 bits per heavy atom. The number of hydrogen-bond acceptors (Lipinski definition) is 4. The van der Waals surface area contributed by atoms with Gasteiger partial charge < -0.3 is 10.2 Å². The molecule has 4 rings (SSSR count). The standard InChI is InChI=1S/C31H35BrClN3O4S/c1-22-7-6-10-28(19-22)36(41(39,40)29-17-15-26(33)16-18-29)21-30(37)35(20-24-11-13-25(32)14-12-24)23(2)31(38)34-27-8-4-3-5-9-27/h6-7,10-19,23,27H,3-5,8-9,20-21H2,1-2H3,(H,34,38). The smallest absolute Gasteiger partial charge is 0.264 e. The van der Waals surface area contributed by atoms with Crippen molar-refractivity contribution in [3.05, 3.63) is 93.4 Å². The largest absolute Gasteiger partial charge is 0.352 e. The zero-order valence-electron chi connectivity index (χ0n) is 23.2. The Morgan fingerprint density at radius 1 is 1.00 bits per heavy atom. The normalized spacial score (nSPS) is 14.7. The first-order valence-corrected chi connectivity index (χ1v) is 16.3. The van der Waals surface area contributed by atoms with Crippen LogP contribution in [0, 0.1) is 6.92 Å². The first kappa shape index (κ1) is 31.1. The van der Waals surface area contributed by atoms with E-state index in [0.717, 1.165) is 52.0 Å². The van der Waals surface area contributed by atoms with E-state index in [1.807, 2.05) is 37.3 Å². The van der Waals surface area contributed by atoms with E-state index in [1.54, 1.807) is 25.1 Å². The summed E-state index contributed by atoms with van der Waals surface area (Å²) in [6.45, 7) is 3.22. The van der Waals surface area contributed by atoms with Gasteiger partial charge in [0.1, 0.15) is 12.6 Å². The lowest BCUT2D eigenvalue weighted by atomic mass is 9.95. The average Bonchev–Trinajstić information content (AvgIpc) is 2.95. The number of carbonyl (C=O) groups is 2. The predicted molar refractivity (Wildman–Crippen MR) is 166 cm³/mol. The lowest BCUT2D eigenvalue weighted by Crippen LogP contribution is -2.53. The molecule has 1 unspecified atom stereocenters. The van der Waals surface area contributed by atoms with E-state index < -0.39 is 28.5 Å². The summed E-state index contributed by atoms with van der Waals surface area (Å²) in [7, 11) is -4.14. The van der Waals surface area contributed by atoms with Crippen molar-refractivity contribution < 1.29 is 18.0 Å². The maximum atomic E-state index is 14.1. The second-order valence-electron chi connectivity index (χ2n) is 10.5. The first-order chi connectivity index (χ1) is 19.5. The molecule has 1 saturated carbocycles. The van der Waals surface area contributed by atoms with E-state index in [4.69, 9.17) is 11.6 Å². The fourth-order valence-corrected chi connectivity index (χ4v) is 6.78. The summed E-state index contributed by atoms with van der Waals surface area (Å²) in [5.74, 6) is -0.733. The van der Waals surface area contributed by atoms with Gasteiger partial charge in [0.15, 0.2) is 0 Å². The van der Waals surface area contributed by atoms with Crippen LogP contribution in [0.1, 0.15) is 50.2 Å². The van der Waals surface area contributed by atoms with Gasteiger partial charge in [-0.25, -0.2) is 8.42 Å². The van der Waals surface area contributed by atoms with Gasteiger partial charge in [-0.05, 0) is 86.3 Å². The van der Waals surface area contributed by atoms with Gasteiger partial charge in [0.05, 0.1) is 10.6 Å². The molecule has 3 aromatic rings. The maximum Gasteiger partial charge on any atom is 0.264 e. The van der Waals surface area contributed by atoms with Crippen LogP contribution in [0.5, 0.6) is 0 Å². The van der Waals surface area contributed by atoms with Gasteiger partial charge in [-0.2, -0.15) is 0 Å². The third-order valence-electron chi connectivity index (χ3n) is 7.36. The Hall–Kier alpha value is -2.88. The van der Waals surface area contributed by atoms with Gasteiger partial charge in [0.25, 0.3) is 10.0 Å². The highest BCUT2D eigenvalue weighted by molar-refractivity contribution is 9.10. The minimum absolute atomic E-state index is 0.0127. The Morgan fingerprint density at radius 3 is 2.29 bits per heavy atom. The molecule has 1 aliphatic carbocycles. The number of sulfonamides is 1. The number of anilines is 1. The molecule has 218 valence electrons. The number of rotatable bonds is 10. The molecule has 41 heavy (non-hydrogen) atoms. The van der Waals surface area contributed by atoms with Crippen molar-refractivity contribution in [3.63, 3.8) is 0 Å². The van der Waals surface area contributed by atoms with Crippen molar-refractivity contribution in [2.45, 2.75) is 69.5 Å². The minimum atomic E-state index is -4.14. The summed E-state index contributed by atoms with van der Waals surface area (Å²) >= 11 is 9.45. The van der Waals surface area contributed by atoms with Crippen molar-refractivity contribution in [2.75, 3.05) is 10.8 Å². The van der Waals surface area contributed by atoms with E-state index in [0.29, 0.717) is 10.7 Å². The van der Waals surface area contributed by atoms with E-state index in [1.165, 1.54) is 29.2 Å². The quantitative estimate of drug-likeness (QED) is 0.270. The fraction of sp³-hybridized carbons (Fsp3) is 0.355. The number of benzene rings is 3. The summed E-state index contributed by atoms with van der Waals surface area (Å²) in [4.78, 5) is 28.9. The number of halogens is 2. The van der Waals surface area contributed by atoms with E-state index in [2.05, 4.69) is 21.2 Å². The topological polar surface area (TPSA) is 86.8 Å². The number of hydrogen-bond donors (Lipinski definition) is 1. The van der Waals surface area contributed by atoms with Crippen LogP contribution in [0.2, 0.25) is 5.02 Å². The van der Waals surface area contributed by atoms with E-state index >= 15 is 0 Å². The van der Waals surface area contributed by atoms with Crippen LogP contribution in [0.3, 0.4) is 0 Å². The molecule has 1 fully saturated rings. The first-order valence-electron chi connectivity index (χ1n) is 13.7. The van der Waals surface area contributed by atoms with Crippen molar-refractivity contribution in [3.8, 4) is 0 Å². The second kappa shape index (κ2) is 13.9. The average molecular weight is 661 g/mol. The number of carbonyl (C=O) groups excluding carboxylic acids is 2. The number of aryl methyl sites for hydroxylation is 1. The van der Waals surface area contributed by atoms with E-state index in [9.17, 15) is 18.0 Å². The van der Waals surface area contributed by atoms with Crippen molar-refractivity contribution in [1.29, 1.82) is 0 Å². The van der Waals surface area contributed by atoms with E-state index in [-0.39, 0.29) is 23.4 Å². The fourth-order valence-electron chi connectivity index (χ4n) is 4.98. The molecular formula is C31H35BrClN3O4S. The monoisotopic (exact) mass is 659 g/mol. The van der Waals surface area contributed by atoms with Gasteiger partial charge in [0, 0.05) is 22.1 Å². The summed E-state index contributed by atoms with van der Waals surface area (Å²) in [5.41, 5.74) is 2.02. The van der Waals surface area contributed by atoms with Crippen molar-refractivity contribution in [1.82, 2.24) is 10.2 Å². The van der Waals surface area contributed by atoms with Gasteiger partial charge in [-0.1, -0.05) is 71.1 Å². The molecule has 1 aliphatic rings. The molecule has 0 aromatic heterocycles. The molecule has 0 aliphatic heterocycles. The molecule has 1 atom stereocenters. The number of nitrogens with zero attached hydrogens (tertiary/aromatic N) is 2. The third-order valence-corrected chi connectivity index (χ3v) is 9.92. The lowest BCUT2D eigenvalue weighted by Gasteiger charge is -2.33. The van der Waals surface area contributed by atoms with Gasteiger partial charge in [0.2, 0.25) is 11.8 Å². The zero-order valence-corrected chi connectivity index (χ0v) is 26.4. The molecular weight excluding hydrogens is 626 g/mol. The number of nitrogens with one attached hydrogen (secondary N) is 1. The lowest BCUT2D eigenvalue weighted by molar-refractivity contribution is -0.139. The predicted octanol–water partition coefficient (Wildman–Crippen LogP) is 6.47. The Balaban J connectivity index is 1.67. The van der Waals surface area contributed by atoms with Gasteiger partial charge >= 0.3 is 0 Å². The minimum Gasteiger partial charge on any atom is -0.352 e. The molecule has 0 heterocycles. The van der Waals surface area contributed by atoms with Gasteiger partial charge in [-0.3, -0.25) is 13.9 Å². The van der Waals surface area contributed by atoms with Crippen LogP contribution in [-0.2, 0) is 26.2 Å². The van der Waals surface area contributed by atoms with Crippen molar-refractivity contribution >= 4 is 55.1 Å². The summed E-state index contributed by atoms with van der Waals surface area (Å²) in [6.07, 6.45) is 5.12. The Labute approximate surface area is 256 Å². The molecule has 0 radical (unpaired) electrons. The van der Waals surface area contributed by atoms with Crippen LogP contribution < -0.4 is 9.62 Å². The Kier molecular flexibility index (Phi) is 10.5. The molecule has 0 spiro atoms. The second-order valence-corrected chi connectivity index (χ2v) is 13.7. The van der Waals surface area contributed by atoms with Crippen LogP contribution in [0.15, 0.2) is 82.2 Å². The van der Waals surface area contributed by atoms with Crippen LogP contribution >= 0.6 is 27.5 Å². The molecule has 1 N–H and O–H groups in total. The summed E-state index contributed by atoms with van der Waals surface area (Å²) in [6, 6.07) is 19.6. The molecule has 0 bridgehead atoms. The van der Waals surface area contributed by atoms with Crippen LogP contribution in [-0.4, -0.2) is 43.8 Å². The number of amides is 2. The Bertz CT molecular complexity index is 1460. The van der Waals surface area contributed by atoms with Crippen LogP contribution in [0.25, 0.3) is 0 Å². The molecule has 10 heteroatoms. The molecule has 7 nitrogen and oxygen atoms in total. The third kappa shape index (κ3) is 8.11.